The van der Waals surface area contributed by atoms with Gasteiger partial charge in [-0.2, -0.15) is 0 Å². The molecule has 0 aliphatic heterocycles. The smallest absolute Gasteiger partial charge is 0.348 e. The minimum Gasteiger partial charge on any atom is -0.457 e. The van der Waals surface area contributed by atoms with Crippen LogP contribution in [-0.4, -0.2) is 20.5 Å². The first-order valence-corrected chi connectivity index (χ1v) is 9.03. The Morgan fingerprint density at radius 3 is 2.67 bits per heavy atom. The highest BCUT2D eigenvalue weighted by Crippen LogP contribution is 2.21. The fourth-order valence-corrected chi connectivity index (χ4v) is 3.65. The van der Waals surface area contributed by atoms with Crippen LogP contribution in [0, 0.1) is 0 Å². The van der Waals surface area contributed by atoms with Crippen LogP contribution >= 0.6 is 11.3 Å². The predicted octanol–water partition coefficient (Wildman–Crippen LogP) is 2.48. The van der Waals surface area contributed by atoms with Gasteiger partial charge < -0.3 is 9.72 Å². The number of esters is 1. The van der Waals surface area contributed by atoms with Crippen molar-refractivity contribution in [1.82, 2.24) is 14.5 Å². The average Bonchev–Trinajstić information content (AvgIpc) is 3.34. The van der Waals surface area contributed by atoms with E-state index in [2.05, 4.69) is 9.97 Å². The van der Waals surface area contributed by atoms with Crippen molar-refractivity contribution in [3.8, 4) is 0 Å². The molecule has 0 atom stereocenters. The van der Waals surface area contributed by atoms with Crippen molar-refractivity contribution in [2.24, 2.45) is 0 Å². The van der Waals surface area contributed by atoms with Crippen LogP contribution in [0.15, 0.2) is 64.3 Å². The summed E-state index contributed by atoms with van der Waals surface area (Å²) in [5.41, 5.74) is 0.642. The Hall–Kier alpha value is -3.39. The topological polar surface area (TPSA) is 96.9 Å². The van der Waals surface area contributed by atoms with Crippen LogP contribution in [-0.2, 0) is 17.9 Å². The Morgan fingerprint density at radius 2 is 1.93 bits per heavy atom. The van der Waals surface area contributed by atoms with Gasteiger partial charge in [0.25, 0.3) is 5.56 Å². The first-order valence-electron chi connectivity index (χ1n) is 8.22. The number of nitrogens with one attached hydrogen (secondary N) is 2. The maximum Gasteiger partial charge on any atom is 0.348 e. The molecule has 0 aliphatic rings. The van der Waals surface area contributed by atoms with Crippen molar-refractivity contribution in [2.75, 3.05) is 0 Å². The Labute approximate surface area is 156 Å². The van der Waals surface area contributed by atoms with Gasteiger partial charge in [-0.05, 0) is 23.8 Å². The quantitative estimate of drug-likeness (QED) is 0.519. The van der Waals surface area contributed by atoms with Crippen molar-refractivity contribution < 1.29 is 9.53 Å². The first-order chi connectivity index (χ1) is 13.1. The molecular formula is C19H15N3O4S. The molecule has 0 fully saturated rings. The van der Waals surface area contributed by atoms with Crippen molar-refractivity contribution >= 4 is 27.5 Å². The lowest BCUT2D eigenvalue weighted by molar-refractivity contribution is 0.0478. The standard InChI is InChI=1S/C19H15N3O4S/c23-17-14-9-15(18(24)26-11-12-5-2-1-3-6-12)27-16(14)21-19(25)22(17)10-13-7-4-8-20-13/h1-9,20H,10-11H2,(H,21,25). The second kappa shape index (κ2) is 7.08. The minimum atomic E-state index is -0.531. The number of hydrogen-bond acceptors (Lipinski definition) is 5. The van der Waals surface area contributed by atoms with E-state index in [9.17, 15) is 14.4 Å². The van der Waals surface area contributed by atoms with Crippen LogP contribution in [0.5, 0.6) is 0 Å². The molecule has 0 saturated carbocycles. The number of thiophene rings is 1. The molecule has 4 aromatic rings. The number of rotatable bonds is 5. The number of hydrogen-bond donors (Lipinski definition) is 2. The molecule has 0 bridgehead atoms. The monoisotopic (exact) mass is 381 g/mol. The lowest BCUT2D eigenvalue weighted by atomic mass is 10.2. The third-order valence-corrected chi connectivity index (χ3v) is 5.11. The molecule has 0 aliphatic carbocycles. The van der Waals surface area contributed by atoms with Crippen LogP contribution in [0.3, 0.4) is 0 Å². The number of carbonyl (C=O) groups excluding carboxylic acids is 1. The highest BCUT2D eigenvalue weighted by molar-refractivity contribution is 7.20. The summed E-state index contributed by atoms with van der Waals surface area (Å²) in [5.74, 6) is -0.531. The lowest BCUT2D eigenvalue weighted by Crippen LogP contribution is -2.34. The number of benzene rings is 1. The summed E-state index contributed by atoms with van der Waals surface area (Å²) in [7, 11) is 0. The van der Waals surface area contributed by atoms with Crippen molar-refractivity contribution in [3.05, 3.63) is 91.7 Å². The van der Waals surface area contributed by atoms with Crippen LogP contribution in [0.25, 0.3) is 10.2 Å². The summed E-state index contributed by atoms with van der Waals surface area (Å²) in [6.45, 7) is 0.266. The number of H-pyrrole nitrogens is 2. The van der Waals surface area contributed by atoms with Crippen molar-refractivity contribution in [2.45, 2.75) is 13.2 Å². The molecular weight excluding hydrogens is 366 g/mol. The third kappa shape index (κ3) is 3.47. The highest BCUT2D eigenvalue weighted by Gasteiger charge is 2.17. The summed E-state index contributed by atoms with van der Waals surface area (Å²) >= 11 is 1.03. The van der Waals surface area contributed by atoms with Gasteiger partial charge in [0.15, 0.2) is 0 Å². The summed E-state index contributed by atoms with van der Waals surface area (Å²) in [4.78, 5) is 43.5. The van der Waals surface area contributed by atoms with E-state index in [4.69, 9.17) is 4.74 Å². The average molecular weight is 381 g/mol. The minimum absolute atomic E-state index is 0.126. The Bertz CT molecular complexity index is 1200. The van der Waals surface area contributed by atoms with Crippen LogP contribution in [0.1, 0.15) is 20.9 Å². The number of fused-ring (bicyclic) bond motifs is 1. The van der Waals surface area contributed by atoms with Gasteiger partial charge in [-0.3, -0.25) is 14.3 Å². The largest absolute Gasteiger partial charge is 0.457 e. The van der Waals surface area contributed by atoms with Crippen LogP contribution < -0.4 is 11.2 Å². The van der Waals surface area contributed by atoms with E-state index in [1.54, 1.807) is 18.3 Å². The number of carbonyl (C=O) groups is 1. The van der Waals surface area contributed by atoms with Crippen LogP contribution in [0.4, 0.5) is 0 Å². The third-order valence-electron chi connectivity index (χ3n) is 4.08. The highest BCUT2D eigenvalue weighted by atomic mass is 32.1. The Kier molecular flexibility index (Phi) is 4.47. The number of ether oxygens (including phenoxy) is 1. The van der Waals surface area contributed by atoms with Gasteiger partial charge >= 0.3 is 11.7 Å². The fraction of sp³-hybridized carbons (Fsp3) is 0.105. The zero-order chi connectivity index (χ0) is 18.8. The summed E-state index contributed by atoms with van der Waals surface area (Å²) in [6.07, 6.45) is 1.72. The van der Waals surface area contributed by atoms with Gasteiger partial charge in [0, 0.05) is 11.9 Å². The zero-order valence-corrected chi connectivity index (χ0v) is 14.9. The van der Waals surface area contributed by atoms with E-state index in [0.29, 0.717) is 4.83 Å². The molecule has 2 N–H and O–H groups in total. The molecule has 27 heavy (non-hydrogen) atoms. The first kappa shape index (κ1) is 17.0. The zero-order valence-electron chi connectivity index (χ0n) is 14.1. The Morgan fingerprint density at radius 1 is 1.11 bits per heavy atom. The van der Waals surface area contributed by atoms with Gasteiger partial charge in [0.1, 0.15) is 16.3 Å². The molecule has 7 nitrogen and oxygen atoms in total. The predicted molar refractivity (Wildman–Crippen MR) is 102 cm³/mol. The van der Waals surface area contributed by atoms with Gasteiger partial charge in [-0.25, -0.2) is 9.59 Å². The van der Waals surface area contributed by atoms with Crippen molar-refractivity contribution in [3.63, 3.8) is 0 Å². The molecule has 0 saturated heterocycles. The molecule has 0 unspecified atom stereocenters. The van der Waals surface area contributed by atoms with E-state index < -0.39 is 17.2 Å². The summed E-state index contributed by atoms with van der Waals surface area (Å²) in [6, 6.07) is 14.4. The summed E-state index contributed by atoms with van der Waals surface area (Å²) in [5, 5.41) is 0.290. The molecule has 4 rings (SSSR count). The van der Waals surface area contributed by atoms with E-state index >= 15 is 0 Å². The van der Waals surface area contributed by atoms with Crippen LogP contribution in [0.2, 0.25) is 0 Å². The molecule has 1 aromatic carbocycles. The number of aromatic amines is 2. The molecule has 3 heterocycles. The van der Waals surface area contributed by atoms with E-state index in [1.807, 2.05) is 30.3 Å². The fourth-order valence-electron chi connectivity index (χ4n) is 2.72. The molecule has 136 valence electrons. The molecule has 0 spiro atoms. The van der Waals surface area contributed by atoms with E-state index in [0.717, 1.165) is 27.2 Å². The summed E-state index contributed by atoms with van der Waals surface area (Å²) < 4.78 is 6.39. The Balaban J connectivity index is 1.62. The SMILES string of the molecule is O=C(OCc1ccccc1)c1cc2c(=O)n(Cc3ccc[nH]3)c(=O)[nH]c2s1. The normalized spacial score (nSPS) is 11.0. The van der Waals surface area contributed by atoms with E-state index in [1.165, 1.54) is 6.07 Å². The van der Waals surface area contributed by atoms with Gasteiger partial charge in [-0.1, -0.05) is 30.3 Å². The van der Waals surface area contributed by atoms with Gasteiger partial charge in [0.05, 0.1) is 11.9 Å². The molecule has 8 heteroatoms. The number of aromatic nitrogens is 3. The second-order valence-electron chi connectivity index (χ2n) is 5.93. The molecule has 0 amide bonds. The maximum absolute atomic E-state index is 12.7. The molecule has 3 aromatic heterocycles. The van der Waals surface area contributed by atoms with Gasteiger partial charge in [-0.15, -0.1) is 11.3 Å². The van der Waals surface area contributed by atoms with Crippen molar-refractivity contribution in [1.29, 1.82) is 0 Å². The second-order valence-corrected chi connectivity index (χ2v) is 6.98. The van der Waals surface area contributed by atoms with Gasteiger partial charge in [0.2, 0.25) is 0 Å². The maximum atomic E-state index is 12.7. The molecule has 0 radical (unpaired) electrons. The number of nitrogens with zero attached hydrogens (tertiary/aromatic N) is 1. The van der Waals surface area contributed by atoms with E-state index in [-0.39, 0.29) is 23.4 Å². The lowest BCUT2D eigenvalue weighted by Gasteiger charge is -2.02.